The molecule has 1 atom stereocenters. The number of hydrogen-bond donors (Lipinski definition) is 1. The predicted molar refractivity (Wildman–Crippen MR) is 76.4 cm³/mol. The van der Waals surface area contributed by atoms with E-state index in [-0.39, 0.29) is 12.8 Å². The van der Waals surface area contributed by atoms with Gasteiger partial charge in [-0.3, -0.25) is 14.5 Å². The summed E-state index contributed by atoms with van der Waals surface area (Å²) in [6, 6.07) is 8.34. The molecule has 2 amide bonds. The molecule has 0 aliphatic carbocycles. The molecule has 1 aliphatic heterocycles. The monoisotopic (exact) mass is 289 g/mol. The van der Waals surface area contributed by atoms with Crippen LogP contribution in [0, 0.1) is 5.41 Å². The van der Waals surface area contributed by atoms with E-state index in [0.717, 1.165) is 10.5 Å². The third-order valence-electron chi connectivity index (χ3n) is 3.81. The zero-order valence-corrected chi connectivity index (χ0v) is 12.2. The van der Waals surface area contributed by atoms with Crippen LogP contribution in [0.2, 0.25) is 0 Å². The molecule has 21 heavy (non-hydrogen) atoms. The molecular formula is C16H19NO4. The first kappa shape index (κ1) is 15.2. The average Bonchev–Trinajstić information content (AvgIpc) is 2.61. The maximum Gasteiger partial charge on any atom is 0.326 e. The number of rotatable bonds is 5. The third-order valence-corrected chi connectivity index (χ3v) is 3.81. The molecule has 1 saturated heterocycles. The van der Waals surface area contributed by atoms with Crippen LogP contribution in [0.5, 0.6) is 0 Å². The minimum Gasteiger partial charge on any atom is -0.480 e. The molecule has 1 heterocycles. The highest BCUT2D eigenvalue weighted by molar-refractivity contribution is 6.07. The molecule has 0 spiro atoms. The lowest BCUT2D eigenvalue weighted by molar-refractivity contribution is -0.155. The van der Waals surface area contributed by atoms with Crippen molar-refractivity contribution in [2.45, 2.75) is 39.2 Å². The molecule has 5 nitrogen and oxygen atoms in total. The number of carboxylic acid groups (broad SMARTS) is 1. The molecule has 0 saturated carbocycles. The number of imide groups is 1. The Kier molecular flexibility index (Phi) is 4.11. The zero-order chi connectivity index (χ0) is 15.6. The number of carbonyl (C=O) groups excluding carboxylic acids is 2. The fourth-order valence-electron chi connectivity index (χ4n) is 2.60. The topological polar surface area (TPSA) is 74.7 Å². The van der Waals surface area contributed by atoms with Crippen LogP contribution in [0.15, 0.2) is 30.3 Å². The van der Waals surface area contributed by atoms with Gasteiger partial charge in [0.1, 0.15) is 6.04 Å². The summed E-state index contributed by atoms with van der Waals surface area (Å²) >= 11 is 0. The van der Waals surface area contributed by atoms with Crippen molar-refractivity contribution in [1.82, 2.24) is 4.90 Å². The van der Waals surface area contributed by atoms with Crippen molar-refractivity contribution in [3.05, 3.63) is 35.9 Å². The molecule has 1 aliphatic rings. The van der Waals surface area contributed by atoms with E-state index in [4.69, 9.17) is 0 Å². The summed E-state index contributed by atoms with van der Waals surface area (Å²) in [6.45, 7) is 3.34. The van der Waals surface area contributed by atoms with Crippen LogP contribution in [-0.2, 0) is 20.8 Å². The minimum atomic E-state index is -1.13. The summed E-state index contributed by atoms with van der Waals surface area (Å²) in [4.78, 5) is 36.6. The number of likely N-dealkylation sites (tertiary alicyclic amines) is 1. The Morgan fingerprint density at radius 1 is 1.29 bits per heavy atom. The highest BCUT2D eigenvalue weighted by Crippen LogP contribution is 2.33. The Balaban J connectivity index is 2.15. The molecule has 0 radical (unpaired) electrons. The number of carboxylic acids is 1. The van der Waals surface area contributed by atoms with Gasteiger partial charge in [-0.2, -0.15) is 0 Å². The lowest BCUT2D eigenvalue weighted by Gasteiger charge is -2.24. The van der Waals surface area contributed by atoms with E-state index in [9.17, 15) is 19.5 Å². The van der Waals surface area contributed by atoms with E-state index >= 15 is 0 Å². The van der Waals surface area contributed by atoms with Crippen LogP contribution < -0.4 is 0 Å². The second-order valence-electron chi connectivity index (χ2n) is 6.01. The molecule has 0 bridgehead atoms. The molecule has 0 aromatic heterocycles. The maximum atomic E-state index is 12.2. The summed E-state index contributed by atoms with van der Waals surface area (Å²) in [5.74, 6) is -1.93. The average molecular weight is 289 g/mol. The van der Waals surface area contributed by atoms with Gasteiger partial charge in [0, 0.05) is 6.42 Å². The molecule has 1 unspecified atom stereocenters. The molecule has 112 valence electrons. The third kappa shape index (κ3) is 3.12. The first-order valence-corrected chi connectivity index (χ1v) is 6.96. The van der Waals surface area contributed by atoms with Gasteiger partial charge in [0.2, 0.25) is 11.8 Å². The predicted octanol–water partition coefficient (Wildman–Crippen LogP) is 1.86. The highest BCUT2D eigenvalue weighted by Gasteiger charge is 2.49. The number of benzene rings is 1. The highest BCUT2D eigenvalue weighted by atomic mass is 16.4. The smallest absolute Gasteiger partial charge is 0.326 e. The van der Waals surface area contributed by atoms with Crippen molar-refractivity contribution < 1.29 is 19.5 Å². The first-order valence-electron chi connectivity index (χ1n) is 6.96. The number of carbonyl (C=O) groups is 3. The fourth-order valence-corrected chi connectivity index (χ4v) is 2.60. The Labute approximate surface area is 123 Å². The summed E-state index contributed by atoms with van der Waals surface area (Å²) in [5.41, 5.74) is 0.180. The number of aliphatic carboxylic acids is 1. The van der Waals surface area contributed by atoms with Gasteiger partial charge in [0.05, 0.1) is 5.41 Å². The summed E-state index contributed by atoms with van der Waals surface area (Å²) in [7, 11) is 0. The molecule has 1 aromatic carbocycles. The second-order valence-corrected chi connectivity index (χ2v) is 6.01. The van der Waals surface area contributed by atoms with Crippen molar-refractivity contribution >= 4 is 17.8 Å². The van der Waals surface area contributed by atoms with Gasteiger partial charge in [-0.15, -0.1) is 0 Å². The van der Waals surface area contributed by atoms with E-state index in [1.54, 1.807) is 13.8 Å². The van der Waals surface area contributed by atoms with Crippen molar-refractivity contribution in [1.29, 1.82) is 0 Å². The minimum absolute atomic E-state index is 0.0704. The van der Waals surface area contributed by atoms with Crippen molar-refractivity contribution in [3.8, 4) is 0 Å². The normalized spacial score (nSPS) is 18.9. The fraction of sp³-hybridized carbons (Fsp3) is 0.438. The van der Waals surface area contributed by atoms with Crippen molar-refractivity contribution in [2.24, 2.45) is 5.41 Å². The van der Waals surface area contributed by atoms with E-state index in [0.29, 0.717) is 6.42 Å². The Hall–Kier alpha value is -2.17. The molecule has 2 rings (SSSR count). The van der Waals surface area contributed by atoms with Gasteiger partial charge in [0.25, 0.3) is 0 Å². The van der Waals surface area contributed by atoms with Crippen molar-refractivity contribution in [3.63, 3.8) is 0 Å². The van der Waals surface area contributed by atoms with Gasteiger partial charge < -0.3 is 5.11 Å². The summed E-state index contributed by atoms with van der Waals surface area (Å²) in [5, 5.41) is 9.37. The van der Waals surface area contributed by atoms with Crippen LogP contribution in [0.25, 0.3) is 0 Å². The standard InChI is InChI=1S/C16H19NO4/c1-16(2)10-13(18)17(15(16)21)12(14(19)20)9-8-11-6-4-3-5-7-11/h3-7,12H,8-10H2,1-2H3,(H,19,20). The number of amides is 2. The van der Waals surface area contributed by atoms with Gasteiger partial charge in [-0.25, -0.2) is 4.79 Å². The van der Waals surface area contributed by atoms with Crippen LogP contribution in [-0.4, -0.2) is 33.8 Å². The van der Waals surface area contributed by atoms with E-state index < -0.39 is 29.2 Å². The zero-order valence-electron chi connectivity index (χ0n) is 12.2. The molecular weight excluding hydrogens is 270 g/mol. The molecule has 5 heteroatoms. The van der Waals surface area contributed by atoms with Crippen LogP contribution >= 0.6 is 0 Å². The van der Waals surface area contributed by atoms with E-state index in [2.05, 4.69) is 0 Å². The van der Waals surface area contributed by atoms with E-state index in [1.807, 2.05) is 30.3 Å². The lowest BCUT2D eigenvalue weighted by Crippen LogP contribution is -2.46. The Morgan fingerprint density at radius 3 is 2.38 bits per heavy atom. The second kappa shape index (κ2) is 5.68. The molecule has 1 fully saturated rings. The van der Waals surface area contributed by atoms with Gasteiger partial charge in [0.15, 0.2) is 0 Å². The van der Waals surface area contributed by atoms with E-state index in [1.165, 1.54) is 0 Å². The first-order chi connectivity index (χ1) is 9.83. The van der Waals surface area contributed by atoms with Crippen LogP contribution in [0.1, 0.15) is 32.3 Å². The molecule has 1 N–H and O–H groups in total. The lowest BCUT2D eigenvalue weighted by atomic mass is 9.92. The summed E-state index contributed by atoms with van der Waals surface area (Å²) < 4.78 is 0. The number of hydrogen-bond acceptors (Lipinski definition) is 3. The van der Waals surface area contributed by atoms with Crippen molar-refractivity contribution in [2.75, 3.05) is 0 Å². The Morgan fingerprint density at radius 2 is 1.90 bits per heavy atom. The SMILES string of the molecule is CC1(C)CC(=O)N(C(CCc2ccccc2)C(=O)O)C1=O. The maximum absolute atomic E-state index is 12.2. The van der Waals surface area contributed by atoms with Gasteiger partial charge >= 0.3 is 5.97 Å². The number of nitrogens with zero attached hydrogens (tertiary/aromatic N) is 1. The largest absolute Gasteiger partial charge is 0.480 e. The molecule has 1 aromatic rings. The van der Waals surface area contributed by atoms with Crippen LogP contribution in [0.4, 0.5) is 0 Å². The Bertz CT molecular complexity index is 565. The van der Waals surface area contributed by atoms with Gasteiger partial charge in [-0.1, -0.05) is 44.2 Å². The van der Waals surface area contributed by atoms with Gasteiger partial charge in [-0.05, 0) is 18.4 Å². The summed E-state index contributed by atoms with van der Waals surface area (Å²) in [6.07, 6.45) is 0.809. The number of aryl methyl sites for hydroxylation is 1. The quantitative estimate of drug-likeness (QED) is 0.840. The van der Waals surface area contributed by atoms with Crippen LogP contribution in [0.3, 0.4) is 0 Å².